The normalized spacial score (nSPS) is 36.9. The summed E-state index contributed by atoms with van der Waals surface area (Å²) in [4.78, 5) is 12.1. The lowest BCUT2D eigenvalue weighted by molar-refractivity contribution is -0.120. The number of fused-ring (bicyclic) bond motifs is 1. The van der Waals surface area contributed by atoms with Crippen LogP contribution < -0.4 is 0 Å². The first-order valence-electron chi connectivity index (χ1n) is 9.10. The molecule has 1 fully saturated rings. The molecule has 0 aliphatic heterocycles. The minimum absolute atomic E-state index is 0.0688. The number of aliphatic hydroxyl groups excluding tert-OH is 3. The fraction of sp³-hybridized carbons (Fsp3) is 0.750. The molecule has 0 aromatic rings. The van der Waals surface area contributed by atoms with Crippen LogP contribution in [0.4, 0.5) is 0 Å². The molecule has 0 heterocycles. The van der Waals surface area contributed by atoms with Gasteiger partial charge in [0.05, 0.1) is 13.2 Å². The van der Waals surface area contributed by atoms with Crippen LogP contribution in [0.25, 0.3) is 0 Å². The predicted molar refractivity (Wildman–Crippen MR) is 94.4 cm³/mol. The van der Waals surface area contributed by atoms with E-state index in [9.17, 15) is 15.0 Å². The monoisotopic (exact) mass is 336 g/mol. The maximum Gasteiger partial charge on any atom is 0.126 e. The Bertz CT molecular complexity index is 510. The van der Waals surface area contributed by atoms with Gasteiger partial charge in [0.15, 0.2) is 0 Å². The molecule has 0 saturated heterocycles. The standard InChI is InChI=1S/C20H32O4/c1-15-4-3-5-18-19(10-15,13-23)11-16(2)20(18,14-24)8-6-17(12-22)7-9-21/h4,7,13,16,18,21-22,24H,3,5-6,8-12,14H2,1-2H3/b17-7-. The summed E-state index contributed by atoms with van der Waals surface area (Å²) in [5.41, 5.74) is 1.44. The third-order valence-corrected chi connectivity index (χ3v) is 6.64. The molecule has 136 valence electrons. The van der Waals surface area contributed by atoms with E-state index in [0.717, 1.165) is 44.0 Å². The van der Waals surface area contributed by atoms with E-state index in [1.54, 1.807) is 6.08 Å². The summed E-state index contributed by atoms with van der Waals surface area (Å²) >= 11 is 0. The number of rotatable bonds is 7. The van der Waals surface area contributed by atoms with Gasteiger partial charge in [-0.15, -0.1) is 0 Å². The van der Waals surface area contributed by atoms with Crippen molar-refractivity contribution in [2.75, 3.05) is 19.8 Å². The first kappa shape index (κ1) is 19.4. The number of carbonyl (C=O) groups excluding carboxylic acids is 1. The molecular weight excluding hydrogens is 304 g/mol. The van der Waals surface area contributed by atoms with E-state index in [1.165, 1.54) is 5.57 Å². The zero-order chi connectivity index (χ0) is 17.8. The van der Waals surface area contributed by atoms with Gasteiger partial charge in [-0.05, 0) is 62.9 Å². The minimum atomic E-state index is -0.362. The van der Waals surface area contributed by atoms with Gasteiger partial charge in [-0.25, -0.2) is 0 Å². The molecule has 4 nitrogen and oxygen atoms in total. The molecule has 1 saturated carbocycles. The van der Waals surface area contributed by atoms with Crippen molar-refractivity contribution in [1.29, 1.82) is 0 Å². The summed E-state index contributed by atoms with van der Waals surface area (Å²) in [5.74, 6) is 0.433. The number of hydrogen-bond acceptors (Lipinski definition) is 4. The average Bonchev–Trinajstić information content (AvgIpc) is 2.69. The summed E-state index contributed by atoms with van der Waals surface area (Å²) in [6.07, 6.45) is 9.95. The van der Waals surface area contributed by atoms with E-state index in [-0.39, 0.29) is 42.5 Å². The molecule has 24 heavy (non-hydrogen) atoms. The van der Waals surface area contributed by atoms with Gasteiger partial charge in [0.1, 0.15) is 6.29 Å². The maximum atomic E-state index is 12.1. The summed E-state index contributed by atoms with van der Waals surface area (Å²) in [7, 11) is 0. The second kappa shape index (κ2) is 7.94. The lowest BCUT2D eigenvalue weighted by atomic mass is 9.63. The van der Waals surface area contributed by atoms with Gasteiger partial charge in [-0.2, -0.15) is 0 Å². The summed E-state index contributed by atoms with van der Waals surface area (Å²) in [6.45, 7) is 4.18. The van der Waals surface area contributed by atoms with E-state index >= 15 is 0 Å². The zero-order valence-electron chi connectivity index (χ0n) is 15.0. The van der Waals surface area contributed by atoms with Crippen molar-refractivity contribution in [3.8, 4) is 0 Å². The Morgan fingerprint density at radius 2 is 2.12 bits per heavy atom. The van der Waals surface area contributed by atoms with Crippen LogP contribution in [0, 0.1) is 22.7 Å². The second-order valence-corrected chi connectivity index (χ2v) is 7.91. The van der Waals surface area contributed by atoms with E-state index in [0.29, 0.717) is 6.42 Å². The molecule has 0 aromatic heterocycles. The summed E-state index contributed by atoms with van der Waals surface area (Å²) in [5, 5.41) is 28.9. The van der Waals surface area contributed by atoms with Crippen molar-refractivity contribution < 1.29 is 20.1 Å². The first-order chi connectivity index (χ1) is 11.5. The van der Waals surface area contributed by atoms with E-state index in [2.05, 4.69) is 19.9 Å². The van der Waals surface area contributed by atoms with Crippen LogP contribution in [0.5, 0.6) is 0 Å². The zero-order valence-corrected chi connectivity index (χ0v) is 15.0. The van der Waals surface area contributed by atoms with Crippen LogP contribution in [0.1, 0.15) is 52.4 Å². The highest BCUT2D eigenvalue weighted by Crippen LogP contribution is 2.63. The van der Waals surface area contributed by atoms with Crippen LogP contribution in [-0.2, 0) is 4.79 Å². The van der Waals surface area contributed by atoms with Gasteiger partial charge in [0.2, 0.25) is 0 Å². The van der Waals surface area contributed by atoms with Crippen molar-refractivity contribution in [3.05, 3.63) is 23.3 Å². The Morgan fingerprint density at radius 3 is 2.71 bits per heavy atom. The van der Waals surface area contributed by atoms with Gasteiger partial charge in [-0.1, -0.05) is 24.6 Å². The van der Waals surface area contributed by atoms with Crippen LogP contribution in [-0.4, -0.2) is 41.4 Å². The number of carbonyl (C=O) groups is 1. The summed E-state index contributed by atoms with van der Waals surface area (Å²) < 4.78 is 0. The molecular formula is C20H32O4. The molecule has 0 radical (unpaired) electrons. The predicted octanol–water partition coefficient (Wildman–Crippen LogP) is 2.63. The Kier molecular flexibility index (Phi) is 6.40. The van der Waals surface area contributed by atoms with Crippen molar-refractivity contribution in [2.24, 2.45) is 22.7 Å². The molecule has 4 heteroatoms. The van der Waals surface area contributed by atoms with Crippen LogP contribution >= 0.6 is 0 Å². The van der Waals surface area contributed by atoms with Crippen molar-refractivity contribution in [3.63, 3.8) is 0 Å². The number of aliphatic hydroxyl groups is 3. The molecule has 0 aromatic carbocycles. The molecule has 4 unspecified atom stereocenters. The highest BCUT2D eigenvalue weighted by atomic mass is 16.3. The van der Waals surface area contributed by atoms with E-state index in [1.807, 2.05) is 0 Å². The smallest absolute Gasteiger partial charge is 0.126 e. The highest BCUT2D eigenvalue weighted by Gasteiger charge is 2.59. The lowest BCUT2D eigenvalue weighted by Crippen LogP contribution is -2.40. The first-order valence-corrected chi connectivity index (χ1v) is 9.10. The van der Waals surface area contributed by atoms with E-state index < -0.39 is 0 Å². The maximum absolute atomic E-state index is 12.1. The van der Waals surface area contributed by atoms with Crippen LogP contribution in [0.3, 0.4) is 0 Å². The van der Waals surface area contributed by atoms with Gasteiger partial charge >= 0.3 is 0 Å². The quantitative estimate of drug-likeness (QED) is 0.493. The molecule has 2 aliphatic carbocycles. The number of aldehydes is 1. The average molecular weight is 336 g/mol. The molecule has 3 N–H and O–H groups in total. The van der Waals surface area contributed by atoms with Gasteiger partial charge in [0.25, 0.3) is 0 Å². The van der Waals surface area contributed by atoms with Crippen LogP contribution in [0.2, 0.25) is 0 Å². The summed E-state index contributed by atoms with van der Waals surface area (Å²) in [6, 6.07) is 0. The molecule has 0 spiro atoms. The lowest BCUT2D eigenvalue weighted by Gasteiger charge is -2.41. The largest absolute Gasteiger partial charge is 0.396 e. The van der Waals surface area contributed by atoms with Gasteiger partial charge in [0, 0.05) is 17.4 Å². The van der Waals surface area contributed by atoms with Gasteiger partial charge in [-0.3, -0.25) is 0 Å². The topological polar surface area (TPSA) is 77.8 Å². The van der Waals surface area contributed by atoms with Crippen molar-refractivity contribution >= 4 is 6.29 Å². The van der Waals surface area contributed by atoms with Crippen LogP contribution in [0.15, 0.2) is 23.3 Å². The molecule has 2 rings (SSSR count). The Labute approximate surface area is 145 Å². The molecule has 0 amide bonds. The number of allylic oxidation sites excluding steroid dienone is 2. The Morgan fingerprint density at radius 1 is 1.38 bits per heavy atom. The van der Waals surface area contributed by atoms with Crippen molar-refractivity contribution in [1.82, 2.24) is 0 Å². The minimum Gasteiger partial charge on any atom is -0.396 e. The van der Waals surface area contributed by atoms with Gasteiger partial charge < -0.3 is 20.1 Å². The second-order valence-electron chi connectivity index (χ2n) is 7.91. The number of hydrogen-bond donors (Lipinski definition) is 3. The fourth-order valence-corrected chi connectivity index (χ4v) is 5.40. The molecule has 2 aliphatic rings. The molecule has 4 atom stereocenters. The Hall–Kier alpha value is -0.970. The molecule has 0 bridgehead atoms. The van der Waals surface area contributed by atoms with E-state index in [4.69, 9.17) is 5.11 Å². The fourth-order valence-electron chi connectivity index (χ4n) is 5.40. The van der Waals surface area contributed by atoms with Crippen molar-refractivity contribution in [2.45, 2.75) is 52.4 Å². The Balaban J connectivity index is 2.31. The third kappa shape index (κ3) is 3.37. The third-order valence-electron chi connectivity index (χ3n) is 6.64. The highest BCUT2D eigenvalue weighted by molar-refractivity contribution is 5.62. The SMILES string of the molecule is CC1=CCCC2C(C=O)(C1)CC(C)C2(CO)CC/C(=C/CO)CO.